The highest BCUT2D eigenvalue weighted by Crippen LogP contribution is 2.28. The van der Waals surface area contributed by atoms with E-state index in [1.54, 1.807) is 12.1 Å². The third kappa shape index (κ3) is 5.16. The Balaban J connectivity index is 1.69. The first-order valence-corrected chi connectivity index (χ1v) is 13.2. The van der Waals surface area contributed by atoms with Gasteiger partial charge in [0.2, 0.25) is 15.9 Å². The Bertz CT molecular complexity index is 1420. The molecule has 9 heteroatoms. The fourth-order valence-electron chi connectivity index (χ4n) is 3.84. The van der Waals surface area contributed by atoms with E-state index in [1.165, 1.54) is 6.07 Å². The van der Waals surface area contributed by atoms with E-state index < -0.39 is 22.0 Å². The molecule has 4 rings (SSSR count). The van der Waals surface area contributed by atoms with E-state index in [0.717, 1.165) is 28.4 Å². The molecule has 2 N–H and O–H groups in total. The number of para-hydroxylation sites is 1. The van der Waals surface area contributed by atoms with Crippen molar-refractivity contribution in [2.24, 2.45) is 0 Å². The van der Waals surface area contributed by atoms with Crippen LogP contribution in [0.4, 0.5) is 5.69 Å². The Morgan fingerprint density at radius 2 is 1.71 bits per heavy atom. The fourth-order valence-corrected chi connectivity index (χ4v) is 5.80. The summed E-state index contributed by atoms with van der Waals surface area (Å²) < 4.78 is 37.7. The molecule has 176 valence electrons. The number of hydrogen-bond donors (Lipinski definition) is 2. The number of anilines is 1. The molecule has 0 radical (unpaired) electrons. The van der Waals surface area contributed by atoms with Gasteiger partial charge in [0.25, 0.3) is 0 Å². The van der Waals surface area contributed by atoms with Crippen molar-refractivity contribution >= 4 is 44.4 Å². The third-order valence-corrected chi connectivity index (χ3v) is 7.66. The smallest absolute Gasteiger partial charge is 0.243 e. The quantitative estimate of drug-likeness (QED) is 0.371. The van der Waals surface area contributed by atoms with Gasteiger partial charge in [-0.15, -0.1) is 0 Å². The molecule has 0 aliphatic heterocycles. The average molecular weight is 495 g/mol. The molecule has 1 atom stereocenters. The lowest BCUT2D eigenvalue weighted by Crippen LogP contribution is -2.45. The summed E-state index contributed by atoms with van der Waals surface area (Å²) in [6, 6.07) is 18.9. The summed E-state index contributed by atoms with van der Waals surface area (Å²) in [5.41, 5.74) is 4.25. The van der Waals surface area contributed by atoms with Crippen molar-refractivity contribution in [3.05, 3.63) is 83.4 Å². The van der Waals surface area contributed by atoms with Crippen molar-refractivity contribution in [3.63, 3.8) is 0 Å². The van der Waals surface area contributed by atoms with Gasteiger partial charge in [-0.05, 0) is 48.1 Å². The van der Waals surface area contributed by atoms with Crippen LogP contribution in [0.3, 0.4) is 0 Å². The van der Waals surface area contributed by atoms with Gasteiger partial charge in [-0.1, -0.05) is 68.4 Å². The number of aryl methyl sites for hydroxylation is 1. The number of nitrogens with one attached hydrogen (secondary N) is 2. The van der Waals surface area contributed by atoms with Crippen molar-refractivity contribution in [2.45, 2.75) is 44.0 Å². The van der Waals surface area contributed by atoms with Crippen LogP contribution in [0.15, 0.2) is 71.6 Å². The van der Waals surface area contributed by atoms with Gasteiger partial charge in [0.05, 0.1) is 11.7 Å². The lowest BCUT2D eigenvalue weighted by Gasteiger charge is -2.22. The molecule has 34 heavy (non-hydrogen) atoms. The number of carbonyl (C=O) groups is 1. The summed E-state index contributed by atoms with van der Waals surface area (Å²) in [7, 11) is -4.06. The first-order valence-electron chi connectivity index (χ1n) is 10.9. The number of carbonyl (C=O) groups excluding carboxylic acids is 1. The van der Waals surface area contributed by atoms with Gasteiger partial charge < -0.3 is 5.32 Å². The molecule has 0 spiro atoms. The number of hydrogen-bond acceptors (Lipinski definition) is 6. The van der Waals surface area contributed by atoms with Crippen molar-refractivity contribution in [3.8, 4) is 0 Å². The lowest BCUT2D eigenvalue weighted by molar-refractivity contribution is -0.117. The predicted molar refractivity (Wildman–Crippen MR) is 136 cm³/mol. The van der Waals surface area contributed by atoms with Crippen LogP contribution in [-0.4, -0.2) is 29.1 Å². The number of sulfonamides is 1. The molecule has 3 aromatic carbocycles. The Hall–Kier alpha value is -3.14. The van der Waals surface area contributed by atoms with Crippen molar-refractivity contribution < 1.29 is 13.2 Å². The van der Waals surface area contributed by atoms with Crippen molar-refractivity contribution in [1.29, 1.82) is 0 Å². The molecule has 1 heterocycles. The van der Waals surface area contributed by atoms with Crippen LogP contribution in [0.2, 0.25) is 0 Å². The molecular weight excluding hydrogens is 468 g/mol. The van der Waals surface area contributed by atoms with Crippen LogP contribution < -0.4 is 10.0 Å². The van der Waals surface area contributed by atoms with Gasteiger partial charge in [0, 0.05) is 5.69 Å². The number of amides is 1. The Labute approximate surface area is 203 Å². The van der Waals surface area contributed by atoms with Gasteiger partial charge in [-0.25, -0.2) is 8.42 Å². The van der Waals surface area contributed by atoms with Crippen LogP contribution in [0.1, 0.15) is 36.5 Å². The number of benzene rings is 3. The molecule has 0 saturated carbocycles. The van der Waals surface area contributed by atoms with Crippen LogP contribution in [0, 0.1) is 6.92 Å². The number of rotatable bonds is 8. The van der Waals surface area contributed by atoms with E-state index in [0.29, 0.717) is 16.7 Å². The Kier molecular flexibility index (Phi) is 7.06. The summed E-state index contributed by atoms with van der Waals surface area (Å²) in [6.07, 6.45) is 0.195. The highest BCUT2D eigenvalue weighted by molar-refractivity contribution is 7.89. The predicted octanol–water partition coefficient (Wildman–Crippen LogP) is 4.65. The second kappa shape index (κ2) is 10.0. The standard InChI is InChI=1S/C25H26N4O3S2/c1-16(2)19-12-7-9-17(3)23(19)26-25(30)21(15-18-10-5-4-6-11-18)29-34(31,32)22-14-8-13-20-24(22)28-33-27-20/h4-14,16,21,29H,15H2,1-3H3,(H,26,30). The molecule has 7 nitrogen and oxygen atoms in total. The normalized spacial score (nSPS) is 12.7. The summed E-state index contributed by atoms with van der Waals surface area (Å²) in [5, 5.41) is 2.99. The molecule has 1 unspecified atom stereocenters. The van der Waals surface area contributed by atoms with E-state index >= 15 is 0 Å². The average Bonchev–Trinajstić information content (AvgIpc) is 3.29. The van der Waals surface area contributed by atoms with Gasteiger partial charge in [-0.2, -0.15) is 13.5 Å². The zero-order valence-electron chi connectivity index (χ0n) is 19.1. The largest absolute Gasteiger partial charge is 0.324 e. The van der Waals surface area contributed by atoms with E-state index in [9.17, 15) is 13.2 Å². The molecule has 0 fully saturated rings. The molecular formula is C25H26N4O3S2. The number of aromatic nitrogens is 2. The van der Waals surface area contributed by atoms with Gasteiger partial charge in [0.15, 0.2) is 0 Å². The fraction of sp³-hybridized carbons (Fsp3) is 0.240. The minimum atomic E-state index is -4.06. The highest BCUT2D eigenvalue weighted by Gasteiger charge is 2.29. The highest BCUT2D eigenvalue weighted by atomic mass is 32.2. The van der Waals surface area contributed by atoms with Crippen LogP contribution in [-0.2, 0) is 21.2 Å². The third-order valence-electron chi connectivity index (χ3n) is 5.61. The van der Waals surface area contributed by atoms with Gasteiger partial charge >= 0.3 is 0 Å². The lowest BCUT2D eigenvalue weighted by atomic mass is 9.97. The maximum atomic E-state index is 13.5. The minimum absolute atomic E-state index is 0.00312. The van der Waals surface area contributed by atoms with Gasteiger partial charge in [0.1, 0.15) is 22.0 Å². The van der Waals surface area contributed by atoms with Gasteiger partial charge in [-0.3, -0.25) is 4.79 Å². The van der Waals surface area contributed by atoms with E-state index in [-0.39, 0.29) is 17.2 Å². The second-order valence-corrected chi connectivity index (χ2v) is 10.6. The summed E-state index contributed by atoms with van der Waals surface area (Å²) in [4.78, 5) is 13.5. The summed E-state index contributed by atoms with van der Waals surface area (Å²) in [6.45, 7) is 6.03. The maximum Gasteiger partial charge on any atom is 0.243 e. The first-order chi connectivity index (χ1) is 16.3. The minimum Gasteiger partial charge on any atom is -0.324 e. The molecule has 0 aliphatic rings. The SMILES string of the molecule is Cc1cccc(C(C)C)c1NC(=O)C(Cc1ccccc1)NS(=O)(=O)c1cccc2nsnc12. The van der Waals surface area contributed by atoms with Crippen molar-refractivity contribution in [2.75, 3.05) is 5.32 Å². The maximum absolute atomic E-state index is 13.5. The van der Waals surface area contributed by atoms with E-state index in [4.69, 9.17) is 0 Å². The summed E-state index contributed by atoms with van der Waals surface area (Å²) >= 11 is 0.947. The number of fused-ring (bicyclic) bond motifs is 1. The van der Waals surface area contributed by atoms with Crippen LogP contribution in [0.5, 0.6) is 0 Å². The van der Waals surface area contributed by atoms with Crippen LogP contribution in [0.25, 0.3) is 11.0 Å². The Morgan fingerprint density at radius 3 is 2.44 bits per heavy atom. The second-order valence-electron chi connectivity index (χ2n) is 8.43. The zero-order valence-corrected chi connectivity index (χ0v) is 20.8. The molecule has 1 aromatic heterocycles. The zero-order chi connectivity index (χ0) is 24.3. The van der Waals surface area contributed by atoms with Crippen molar-refractivity contribution in [1.82, 2.24) is 13.5 Å². The molecule has 0 aliphatic carbocycles. The molecule has 4 aromatic rings. The van der Waals surface area contributed by atoms with E-state index in [2.05, 4.69) is 32.6 Å². The molecule has 0 saturated heterocycles. The topological polar surface area (TPSA) is 101 Å². The first kappa shape index (κ1) is 24.0. The molecule has 1 amide bonds. The number of nitrogens with zero attached hydrogens (tertiary/aromatic N) is 2. The Morgan fingerprint density at radius 1 is 0.971 bits per heavy atom. The van der Waals surface area contributed by atoms with Crippen LogP contribution >= 0.6 is 11.7 Å². The van der Waals surface area contributed by atoms with E-state index in [1.807, 2.05) is 55.5 Å². The monoisotopic (exact) mass is 494 g/mol. The summed E-state index contributed by atoms with van der Waals surface area (Å²) in [5.74, 6) is -0.235. The molecule has 0 bridgehead atoms.